The molecule has 1 fully saturated rings. The molecule has 0 bridgehead atoms. The molecule has 1 saturated heterocycles. The average molecular weight is 376 g/mol. The molecule has 0 atom stereocenters. The topological polar surface area (TPSA) is 40.6 Å². The first-order chi connectivity index (χ1) is 12.8. The van der Waals surface area contributed by atoms with Crippen molar-refractivity contribution in [3.8, 4) is 0 Å². The highest BCUT2D eigenvalue weighted by Gasteiger charge is 2.32. The van der Waals surface area contributed by atoms with E-state index in [4.69, 9.17) is 0 Å². The van der Waals surface area contributed by atoms with E-state index in [2.05, 4.69) is 0 Å². The summed E-state index contributed by atoms with van der Waals surface area (Å²) in [6.07, 6.45) is -3.39. The highest BCUT2D eigenvalue weighted by molar-refractivity contribution is 5.95. The van der Waals surface area contributed by atoms with Crippen LogP contribution in [0.2, 0.25) is 0 Å². The Kier molecular flexibility index (Phi) is 5.48. The lowest BCUT2D eigenvalue weighted by molar-refractivity contribution is -0.137. The maximum absolute atomic E-state index is 13.1. The highest BCUT2D eigenvalue weighted by atomic mass is 19.4. The number of amides is 2. The Labute approximate surface area is 155 Å². The van der Waals surface area contributed by atoms with Gasteiger partial charge < -0.3 is 4.90 Å². The first-order valence-corrected chi connectivity index (χ1v) is 8.64. The molecule has 0 N–H and O–H groups in total. The number of hydrogen-bond acceptors (Lipinski definition) is 2. The third kappa shape index (κ3) is 4.67. The molecule has 27 heavy (non-hydrogen) atoms. The van der Waals surface area contributed by atoms with Crippen LogP contribution in [0.25, 0.3) is 0 Å². The normalized spacial score (nSPS) is 14.5. The lowest BCUT2D eigenvalue weighted by Gasteiger charge is -2.28. The molecule has 2 aromatic carbocycles. The van der Waals surface area contributed by atoms with Crippen LogP contribution in [-0.4, -0.2) is 29.9 Å². The van der Waals surface area contributed by atoms with Crippen LogP contribution in [0.5, 0.6) is 0 Å². The third-order valence-corrected chi connectivity index (χ3v) is 4.47. The summed E-state index contributed by atoms with van der Waals surface area (Å²) in [5, 5.41) is 0. The quantitative estimate of drug-likeness (QED) is 0.795. The SMILES string of the molecule is O=C1CCCN1CN(C(=O)Cc1ccccc1)c1cccc(C(F)(F)F)c1. The third-order valence-electron chi connectivity index (χ3n) is 4.47. The molecule has 0 unspecified atom stereocenters. The zero-order valence-corrected chi connectivity index (χ0v) is 14.6. The summed E-state index contributed by atoms with van der Waals surface area (Å²) in [6.45, 7) is 0.443. The van der Waals surface area contributed by atoms with E-state index < -0.39 is 11.7 Å². The Bertz CT molecular complexity index is 821. The van der Waals surface area contributed by atoms with E-state index in [-0.39, 0.29) is 30.6 Å². The summed E-state index contributed by atoms with van der Waals surface area (Å²) in [4.78, 5) is 27.6. The largest absolute Gasteiger partial charge is 0.416 e. The molecule has 0 radical (unpaired) electrons. The standard InChI is InChI=1S/C20H19F3N2O2/c21-20(22,23)16-8-4-9-17(13-16)25(14-24-11-5-10-18(24)26)19(27)12-15-6-2-1-3-7-15/h1-4,6-9,13H,5,10-12,14H2. The predicted octanol–water partition coefficient (Wildman–Crippen LogP) is 3.86. The van der Waals surface area contributed by atoms with Crippen LogP contribution in [-0.2, 0) is 22.2 Å². The number of halogens is 3. The van der Waals surface area contributed by atoms with Crippen molar-refractivity contribution in [2.24, 2.45) is 0 Å². The first kappa shape index (κ1) is 18.9. The summed E-state index contributed by atoms with van der Waals surface area (Å²) in [5.41, 5.74) is 0.0583. The lowest BCUT2D eigenvalue weighted by atomic mass is 10.1. The molecular formula is C20H19F3N2O2. The number of likely N-dealkylation sites (tertiary alicyclic amines) is 1. The molecular weight excluding hydrogens is 357 g/mol. The fourth-order valence-electron chi connectivity index (χ4n) is 3.04. The van der Waals surface area contributed by atoms with E-state index in [1.807, 2.05) is 6.07 Å². The number of alkyl halides is 3. The fraction of sp³-hybridized carbons (Fsp3) is 0.300. The van der Waals surface area contributed by atoms with Gasteiger partial charge in [0.15, 0.2) is 0 Å². The van der Waals surface area contributed by atoms with Crippen molar-refractivity contribution < 1.29 is 22.8 Å². The van der Waals surface area contributed by atoms with Crippen molar-refractivity contribution >= 4 is 17.5 Å². The van der Waals surface area contributed by atoms with E-state index in [1.54, 1.807) is 24.3 Å². The molecule has 3 rings (SSSR count). The molecule has 0 spiro atoms. The van der Waals surface area contributed by atoms with Gasteiger partial charge in [-0.05, 0) is 30.2 Å². The van der Waals surface area contributed by atoms with Crippen molar-refractivity contribution in [1.82, 2.24) is 4.90 Å². The molecule has 7 heteroatoms. The number of rotatable bonds is 5. The van der Waals surface area contributed by atoms with Crippen molar-refractivity contribution in [3.05, 3.63) is 65.7 Å². The molecule has 1 aliphatic heterocycles. The van der Waals surface area contributed by atoms with Gasteiger partial charge in [0.1, 0.15) is 6.67 Å². The zero-order valence-electron chi connectivity index (χ0n) is 14.6. The minimum atomic E-state index is -4.51. The van der Waals surface area contributed by atoms with Gasteiger partial charge in [-0.3, -0.25) is 14.5 Å². The molecule has 4 nitrogen and oxygen atoms in total. The summed E-state index contributed by atoms with van der Waals surface area (Å²) in [5.74, 6) is -0.459. The Hall–Kier alpha value is -2.83. The van der Waals surface area contributed by atoms with Gasteiger partial charge in [0, 0.05) is 18.7 Å². The maximum atomic E-state index is 13.1. The van der Waals surface area contributed by atoms with Crippen molar-refractivity contribution in [2.45, 2.75) is 25.4 Å². The predicted molar refractivity (Wildman–Crippen MR) is 94.9 cm³/mol. The first-order valence-electron chi connectivity index (χ1n) is 8.64. The second-order valence-corrected chi connectivity index (χ2v) is 6.43. The smallest absolute Gasteiger partial charge is 0.324 e. The van der Waals surface area contributed by atoms with Gasteiger partial charge in [-0.1, -0.05) is 36.4 Å². The molecule has 0 aromatic heterocycles. The van der Waals surface area contributed by atoms with Gasteiger partial charge in [-0.15, -0.1) is 0 Å². The van der Waals surface area contributed by atoms with Crippen molar-refractivity contribution in [3.63, 3.8) is 0 Å². The number of nitrogens with zero attached hydrogens (tertiary/aromatic N) is 2. The second kappa shape index (κ2) is 7.82. The highest BCUT2D eigenvalue weighted by Crippen LogP contribution is 2.32. The Balaban J connectivity index is 1.89. The van der Waals surface area contributed by atoms with Gasteiger partial charge in [0.05, 0.1) is 12.0 Å². The number of carbonyl (C=O) groups excluding carboxylic acids is 2. The van der Waals surface area contributed by atoms with Crippen LogP contribution < -0.4 is 4.90 Å². The van der Waals surface area contributed by atoms with Crippen LogP contribution in [0, 0.1) is 0 Å². The minimum absolute atomic E-state index is 0.0408. The molecule has 0 aliphatic carbocycles. The van der Waals surface area contributed by atoms with Crippen molar-refractivity contribution in [1.29, 1.82) is 0 Å². The lowest BCUT2D eigenvalue weighted by Crippen LogP contribution is -2.43. The Morgan fingerprint density at radius 2 is 1.81 bits per heavy atom. The van der Waals surface area contributed by atoms with Gasteiger partial charge in [-0.2, -0.15) is 13.2 Å². The molecule has 2 aromatic rings. The van der Waals surface area contributed by atoms with Crippen LogP contribution in [0.3, 0.4) is 0 Å². The summed E-state index contributed by atoms with van der Waals surface area (Å²) in [7, 11) is 0. The molecule has 1 aliphatic rings. The maximum Gasteiger partial charge on any atom is 0.416 e. The number of hydrogen-bond donors (Lipinski definition) is 0. The number of benzene rings is 2. The Morgan fingerprint density at radius 3 is 2.44 bits per heavy atom. The van der Waals surface area contributed by atoms with E-state index in [0.717, 1.165) is 17.7 Å². The van der Waals surface area contributed by atoms with Gasteiger partial charge in [-0.25, -0.2) is 0 Å². The Morgan fingerprint density at radius 1 is 1.07 bits per heavy atom. The van der Waals surface area contributed by atoms with Crippen molar-refractivity contribution in [2.75, 3.05) is 18.1 Å². The molecule has 1 heterocycles. The molecule has 2 amide bonds. The van der Waals surface area contributed by atoms with E-state index in [9.17, 15) is 22.8 Å². The number of carbonyl (C=O) groups is 2. The van der Waals surface area contributed by atoms with E-state index in [0.29, 0.717) is 19.4 Å². The van der Waals surface area contributed by atoms with E-state index >= 15 is 0 Å². The van der Waals surface area contributed by atoms with Crippen LogP contribution in [0.4, 0.5) is 18.9 Å². The minimum Gasteiger partial charge on any atom is -0.324 e. The van der Waals surface area contributed by atoms with E-state index in [1.165, 1.54) is 21.9 Å². The van der Waals surface area contributed by atoms with Crippen LogP contribution in [0.1, 0.15) is 24.0 Å². The van der Waals surface area contributed by atoms with Gasteiger partial charge in [0.2, 0.25) is 11.8 Å². The molecule has 142 valence electrons. The second-order valence-electron chi connectivity index (χ2n) is 6.43. The fourth-order valence-corrected chi connectivity index (χ4v) is 3.04. The zero-order chi connectivity index (χ0) is 19.4. The summed E-state index contributed by atoms with van der Waals surface area (Å²) in [6, 6.07) is 13.6. The average Bonchev–Trinajstić information content (AvgIpc) is 3.04. The van der Waals surface area contributed by atoms with Crippen LogP contribution in [0.15, 0.2) is 54.6 Å². The van der Waals surface area contributed by atoms with Gasteiger partial charge >= 0.3 is 6.18 Å². The molecule has 0 saturated carbocycles. The summed E-state index contributed by atoms with van der Waals surface area (Å²) < 4.78 is 39.2. The summed E-state index contributed by atoms with van der Waals surface area (Å²) >= 11 is 0. The van der Waals surface area contributed by atoms with Crippen LogP contribution >= 0.6 is 0 Å². The van der Waals surface area contributed by atoms with Gasteiger partial charge in [0.25, 0.3) is 0 Å². The number of anilines is 1. The monoisotopic (exact) mass is 376 g/mol.